The summed E-state index contributed by atoms with van der Waals surface area (Å²) in [5.74, 6) is -1.56. The number of aryl methyl sites for hydroxylation is 2. The van der Waals surface area contributed by atoms with Gasteiger partial charge >= 0.3 is 5.97 Å². The first kappa shape index (κ1) is 21.9. The number of nitrogens with two attached hydrogens (primary N) is 1. The van der Waals surface area contributed by atoms with Crippen molar-refractivity contribution in [1.29, 1.82) is 0 Å². The molecule has 0 bridgehead atoms. The summed E-state index contributed by atoms with van der Waals surface area (Å²) in [6, 6.07) is 11.4. The molecular formula is C23H22N6O4. The molecule has 1 aliphatic rings. The molecule has 2 amide bonds. The fraction of sp³-hybridized carbons (Fsp3) is 0.217. The van der Waals surface area contributed by atoms with Crippen molar-refractivity contribution >= 4 is 35.4 Å². The quantitative estimate of drug-likeness (QED) is 0.432. The second-order valence-corrected chi connectivity index (χ2v) is 7.74. The number of esters is 1. The third-order valence-electron chi connectivity index (χ3n) is 5.15. The van der Waals surface area contributed by atoms with Gasteiger partial charge in [-0.2, -0.15) is 15.0 Å². The zero-order chi connectivity index (χ0) is 23.7. The second kappa shape index (κ2) is 8.65. The number of carbonyl (C=O) groups excluding carboxylic acids is 3. The Morgan fingerprint density at radius 1 is 1.00 bits per heavy atom. The Kier molecular flexibility index (Phi) is 5.74. The number of fused-ring (bicyclic) bond motifs is 1. The number of hydrogen-bond acceptors (Lipinski definition) is 9. The van der Waals surface area contributed by atoms with E-state index in [2.05, 4.69) is 20.3 Å². The number of hydrogen-bond donors (Lipinski definition) is 2. The highest BCUT2D eigenvalue weighted by atomic mass is 16.5. The van der Waals surface area contributed by atoms with E-state index in [0.717, 1.165) is 21.7 Å². The Morgan fingerprint density at radius 3 is 2.39 bits per heavy atom. The summed E-state index contributed by atoms with van der Waals surface area (Å²) in [6.45, 7) is 4.92. The van der Waals surface area contributed by atoms with E-state index >= 15 is 0 Å². The summed E-state index contributed by atoms with van der Waals surface area (Å²) in [4.78, 5) is 51.1. The maximum absolute atomic E-state index is 12.7. The third-order valence-corrected chi connectivity index (χ3v) is 5.15. The average Bonchev–Trinajstić information content (AvgIpc) is 3.02. The van der Waals surface area contributed by atoms with Crippen molar-refractivity contribution < 1.29 is 19.1 Å². The van der Waals surface area contributed by atoms with Crippen LogP contribution in [0.2, 0.25) is 0 Å². The fourth-order valence-electron chi connectivity index (χ4n) is 3.41. The van der Waals surface area contributed by atoms with E-state index in [1.807, 2.05) is 38.1 Å². The van der Waals surface area contributed by atoms with E-state index in [0.29, 0.717) is 0 Å². The Morgan fingerprint density at radius 2 is 1.67 bits per heavy atom. The molecule has 2 aromatic carbocycles. The molecule has 0 radical (unpaired) electrons. The van der Waals surface area contributed by atoms with Crippen LogP contribution in [0.15, 0.2) is 42.5 Å². The molecule has 1 unspecified atom stereocenters. The highest BCUT2D eigenvalue weighted by molar-refractivity contribution is 6.22. The highest BCUT2D eigenvalue weighted by Gasteiger charge is 2.41. The van der Waals surface area contributed by atoms with Gasteiger partial charge < -0.3 is 15.8 Å². The minimum Gasteiger partial charge on any atom is -0.456 e. The number of aromatic nitrogens is 3. The minimum atomic E-state index is -1.12. The SMILES string of the molecule is Cc1ccc(Nc2nc(N)nc(COC(=O)C(C)N3C(=O)c4ccc(C)cc4C3=O)n2)cc1. The Balaban J connectivity index is 1.43. The maximum atomic E-state index is 12.7. The number of imide groups is 1. The average molecular weight is 446 g/mol. The molecule has 3 N–H and O–H groups in total. The molecule has 0 fully saturated rings. The lowest BCUT2D eigenvalue weighted by Gasteiger charge is -2.20. The number of benzene rings is 2. The summed E-state index contributed by atoms with van der Waals surface area (Å²) in [7, 11) is 0. The number of nitrogen functional groups attached to an aromatic ring is 1. The molecule has 1 aliphatic heterocycles. The van der Waals surface area contributed by atoms with Gasteiger partial charge in [0.05, 0.1) is 11.1 Å². The molecule has 3 aromatic rings. The largest absolute Gasteiger partial charge is 0.456 e. The molecule has 4 rings (SSSR count). The fourth-order valence-corrected chi connectivity index (χ4v) is 3.41. The summed E-state index contributed by atoms with van der Waals surface area (Å²) in [5, 5.41) is 3.01. The molecule has 168 valence electrons. The van der Waals surface area contributed by atoms with Crippen molar-refractivity contribution in [3.8, 4) is 0 Å². The molecule has 2 heterocycles. The van der Waals surface area contributed by atoms with Crippen LogP contribution in [-0.4, -0.2) is 43.7 Å². The summed E-state index contributed by atoms with van der Waals surface area (Å²) in [5.41, 5.74) is 9.00. The van der Waals surface area contributed by atoms with Crippen LogP contribution in [-0.2, 0) is 16.1 Å². The highest BCUT2D eigenvalue weighted by Crippen LogP contribution is 2.26. The van der Waals surface area contributed by atoms with Crippen molar-refractivity contribution in [3.05, 3.63) is 70.5 Å². The van der Waals surface area contributed by atoms with Crippen LogP contribution in [0.25, 0.3) is 0 Å². The second-order valence-electron chi connectivity index (χ2n) is 7.74. The van der Waals surface area contributed by atoms with Crippen molar-refractivity contribution in [3.63, 3.8) is 0 Å². The van der Waals surface area contributed by atoms with E-state index in [1.165, 1.54) is 6.92 Å². The Labute approximate surface area is 189 Å². The van der Waals surface area contributed by atoms with Crippen LogP contribution in [0.3, 0.4) is 0 Å². The van der Waals surface area contributed by atoms with Gasteiger partial charge in [0.2, 0.25) is 11.9 Å². The zero-order valence-corrected chi connectivity index (χ0v) is 18.3. The lowest BCUT2D eigenvalue weighted by molar-refractivity contribution is -0.149. The van der Waals surface area contributed by atoms with E-state index in [-0.39, 0.29) is 35.5 Å². The number of nitrogens with one attached hydrogen (secondary N) is 1. The molecule has 0 saturated heterocycles. The maximum Gasteiger partial charge on any atom is 0.329 e. The topological polar surface area (TPSA) is 140 Å². The van der Waals surface area contributed by atoms with E-state index in [9.17, 15) is 14.4 Å². The molecule has 33 heavy (non-hydrogen) atoms. The number of amides is 2. The van der Waals surface area contributed by atoms with Gasteiger partial charge in [0.15, 0.2) is 12.4 Å². The lowest BCUT2D eigenvalue weighted by Crippen LogP contribution is -2.43. The van der Waals surface area contributed by atoms with Crippen LogP contribution in [0.4, 0.5) is 17.6 Å². The van der Waals surface area contributed by atoms with Gasteiger partial charge in [0, 0.05) is 5.69 Å². The predicted octanol–water partition coefficient (Wildman–Crippen LogP) is 2.54. The standard InChI is InChI=1S/C23H22N6O4/c1-12-4-7-15(8-5-12)25-23-27-18(26-22(24)28-23)11-33-21(32)14(3)29-19(30)16-9-6-13(2)10-17(16)20(29)31/h4-10,14H,11H2,1-3H3,(H3,24,25,26,27,28). The molecule has 1 atom stereocenters. The van der Waals surface area contributed by atoms with E-state index in [1.54, 1.807) is 18.2 Å². The van der Waals surface area contributed by atoms with Gasteiger partial charge in [-0.3, -0.25) is 14.5 Å². The molecular weight excluding hydrogens is 424 g/mol. The van der Waals surface area contributed by atoms with Crippen LogP contribution in [0.5, 0.6) is 0 Å². The molecule has 1 aromatic heterocycles. The first-order valence-electron chi connectivity index (χ1n) is 10.2. The van der Waals surface area contributed by atoms with Crippen molar-refractivity contribution in [1.82, 2.24) is 19.9 Å². The predicted molar refractivity (Wildman–Crippen MR) is 120 cm³/mol. The van der Waals surface area contributed by atoms with Gasteiger partial charge in [0.1, 0.15) is 6.04 Å². The molecule has 0 aliphatic carbocycles. The van der Waals surface area contributed by atoms with Gasteiger partial charge in [-0.1, -0.05) is 29.3 Å². The minimum absolute atomic E-state index is 0.0468. The van der Waals surface area contributed by atoms with E-state index < -0.39 is 23.8 Å². The van der Waals surface area contributed by atoms with Gasteiger partial charge in [-0.15, -0.1) is 0 Å². The van der Waals surface area contributed by atoms with Crippen LogP contribution in [0.1, 0.15) is 44.6 Å². The Hall–Kier alpha value is -4.34. The zero-order valence-electron chi connectivity index (χ0n) is 18.3. The Bertz CT molecular complexity index is 1260. The number of nitrogens with zero attached hydrogens (tertiary/aromatic N) is 4. The van der Waals surface area contributed by atoms with Gasteiger partial charge in [-0.25, -0.2) is 4.79 Å². The normalized spacial score (nSPS) is 13.6. The van der Waals surface area contributed by atoms with Gasteiger partial charge in [0.25, 0.3) is 11.8 Å². The van der Waals surface area contributed by atoms with Crippen LogP contribution < -0.4 is 11.1 Å². The number of rotatable bonds is 6. The summed E-state index contributed by atoms with van der Waals surface area (Å²) >= 11 is 0. The van der Waals surface area contributed by atoms with Gasteiger partial charge in [-0.05, 0) is 45.0 Å². The molecule has 10 nitrogen and oxygen atoms in total. The first-order valence-corrected chi connectivity index (χ1v) is 10.2. The summed E-state index contributed by atoms with van der Waals surface area (Å²) < 4.78 is 5.28. The number of carbonyl (C=O) groups is 3. The number of anilines is 3. The van der Waals surface area contributed by atoms with Crippen molar-refractivity contribution in [2.24, 2.45) is 0 Å². The summed E-state index contributed by atoms with van der Waals surface area (Å²) in [6.07, 6.45) is 0. The molecule has 0 spiro atoms. The molecule has 10 heteroatoms. The van der Waals surface area contributed by atoms with E-state index in [4.69, 9.17) is 10.5 Å². The third kappa shape index (κ3) is 4.49. The van der Waals surface area contributed by atoms with Crippen LogP contribution >= 0.6 is 0 Å². The molecule has 0 saturated carbocycles. The smallest absolute Gasteiger partial charge is 0.329 e. The van der Waals surface area contributed by atoms with Crippen molar-refractivity contribution in [2.75, 3.05) is 11.1 Å². The first-order chi connectivity index (χ1) is 15.7. The number of ether oxygens (including phenoxy) is 1. The van der Waals surface area contributed by atoms with Crippen molar-refractivity contribution in [2.45, 2.75) is 33.4 Å². The lowest BCUT2D eigenvalue weighted by atomic mass is 10.1. The van der Waals surface area contributed by atoms with Crippen LogP contribution in [0, 0.1) is 13.8 Å². The monoisotopic (exact) mass is 446 g/mol.